The fourth-order valence-corrected chi connectivity index (χ4v) is 1.32. The van der Waals surface area contributed by atoms with Crippen molar-refractivity contribution in [2.24, 2.45) is 0 Å². The largest absolute Gasteiger partial charge is 0.494 e. The predicted molar refractivity (Wildman–Crippen MR) is 74.6 cm³/mol. The van der Waals surface area contributed by atoms with Gasteiger partial charge in [0.2, 0.25) is 5.91 Å². The minimum absolute atomic E-state index is 0.203. The highest BCUT2D eigenvalue weighted by molar-refractivity contribution is 6.29. The first-order valence-electron chi connectivity index (χ1n) is 5.64. The Hall–Kier alpha value is -1.74. The maximum absolute atomic E-state index is 11.4. The Balaban J connectivity index is 2.50. The smallest absolute Gasteiger partial charge is 0.244 e. The Morgan fingerprint density at radius 2 is 2.11 bits per heavy atom. The van der Waals surface area contributed by atoms with Crippen molar-refractivity contribution in [2.75, 3.05) is 13.2 Å². The molecule has 3 nitrogen and oxygen atoms in total. The summed E-state index contributed by atoms with van der Waals surface area (Å²) >= 11 is 5.54. The highest BCUT2D eigenvalue weighted by Gasteiger charge is 1.96. The summed E-state index contributed by atoms with van der Waals surface area (Å²) in [6, 6.07) is 7.49. The molecule has 0 aliphatic heterocycles. The fraction of sp³-hybridized carbons (Fsp3) is 0.214. The Labute approximate surface area is 112 Å². The summed E-state index contributed by atoms with van der Waals surface area (Å²) in [5.41, 5.74) is 0.929. The molecule has 0 radical (unpaired) electrons. The van der Waals surface area contributed by atoms with E-state index in [1.54, 1.807) is 6.08 Å². The SMILES string of the molecule is C=C(Cl)CNC(=O)/C=C/c1ccc(OCC)cc1. The topological polar surface area (TPSA) is 38.3 Å². The van der Waals surface area contributed by atoms with Crippen LogP contribution >= 0.6 is 11.6 Å². The Bertz CT molecular complexity index is 438. The zero-order valence-electron chi connectivity index (χ0n) is 10.3. The van der Waals surface area contributed by atoms with Crippen molar-refractivity contribution in [2.45, 2.75) is 6.92 Å². The van der Waals surface area contributed by atoms with Crippen molar-refractivity contribution >= 4 is 23.6 Å². The third-order valence-electron chi connectivity index (χ3n) is 2.07. The molecular weight excluding hydrogens is 250 g/mol. The van der Waals surface area contributed by atoms with Crippen LogP contribution in [-0.4, -0.2) is 19.1 Å². The normalized spacial score (nSPS) is 10.3. The third kappa shape index (κ3) is 5.55. The van der Waals surface area contributed by atoms with Gasteiger partial charge >= 0.3 is 0 Å². The van der Waals surface area contributed by atoms with Crippen molar-refractivity contribution in [1.29, 1.82) is 0 Å². The molecule has 1 aromatic carbocycles. The average Bonchev–Trinajstić information content (AvgIpc) is 2.36. The van der Waals surface area contributed by atoms with Crippen LogP contribution in [0.15, 0.2) is 42.0 Å². The van der Waals surface area contributed by atoms with Gasteiger partial charge in [-0.25, -0.2) is 0 Å². The molecule has 18 heavy (non-hydrogen) atoms. The van der Waals surface area contributed by atoms with E-state index < -0.39 is 0 Å². The molecule has 0 atom stereocenters. The highest BCUT2D eigenvalue weighted by atomic mass is 35.5. The second kappa shape index (κ2) is 7.56. The number of ether oxygens (including phenoxy) is 1. The van der Waals surface area contributed by atoms with Crippen LogP contribution in [0, 0.1) is 0 Å². The average molecular weight is 266 g/mol. The Morgan fingerprint density at radius 1 is 1.44 bits per heavy atom. The summed E-state index contributed by atoms with van der Waals surface area (Å²) in [5, 5.41) is 3.00. The van der Waals surface area contributed by atoms with Crippen molar-refractivity contribution in [3.63, 3.8) is 0 Å². The van der Waals surface area contributed by atoms with Crippen LogP contribution in [-0.2, 0) is 4.79 Å². The quantitative estimate of drug-likeness (QED) is 0.803. The van der Waals surface area contributed by atoms with Gasteiger partial charge in [-0.05, 0) is 30.7 Å². The molecule has 0 bridgehead atoms. The standard InChI is InChI=1S/C14H16ClNO2/c1-3-18-13-7-4-12(5-8-13)6-9-14(17)16-10-11(2)15/h4-9H,2-3,10H2,1H3,(H,16,17)/b9-6+. The van der Waals surface area contributed by atoms with E-state index in [2.05, 4.69) is 11.9 Å². The molecule has 0 saturated heterocycles. The van der Waals surface area contributed by atoms with Crippen LogP contribution in [0.5, 0.6) is 5.75 Å². The van der Waals surface area contributed by atoms with Crippen LogP contribution in [0.4, 0.5) is 0 Å². The fourth-order valence-electron chi connectivity index (χ4n) is 1.26. The molecule has 1 rings (SSSR count). The van der Waals surface area contributed by atoms with Gasteiger partial charge in [-0.3, -0.25) is 4.79 Å². The summed E-state index contributed by atoms with van der Waals surface area (Å²) in [5.74, 6) is 0.614. The van der Waals surface area contributed by atoms with Crippen molar-refractivity contribution < 1.29 is 9.53 Å². The van der Waals surface area contributed by atoms with Crippen LogP contribution in [0.25, 0.3) is 6.08 Å². The van der Waals surface area contributed by atoms with Crippen LogP contribution in [0.1, 0.15) is 12.5 Å². The minimum atomic E-state index is -0.203. The van der Waals surface area contributed by atoms with Gasteiger partial charge in [-0.2, -0.15) is 0 Å². The second-order valence-corrected chi connectivity index (χ2v) is 4.10. The zero-order chi connectivity index (χ0) is 13.4. The number of halogens is 1. The molecular formula is C14H16ClNO2. The lowest BCUT2D eigenvalue weighted by molar-refractivity contribution is -0.116. The van der Waals surface area contributed by atoms with Gasteiger partial charge in [-0.15, -0.1) is 0 Å². The van der Waals surface area contributed by atoms with E-state index in [-0.39, 0.29) is 12.5 Å². The molecule has 1 N–H and O–H groups in total. The van der Waals surface area contributed by atoms with E-state index in [1.807, 2.05) is 31.2 Å². The van der Waals surface area contributed by atoms with E-state index in [9.17, 15) is 4.79 Å². The molecule has 0 aliphatic carbocycles. The van der Waals surface area contributed by atoms with E-state index in [4.69, 9.17) is 16.3 Å². The van der Waals surface area contributed by atoms with Gasteiger partial charge in [-0.1, -0.05) is 30.3 Å². The van der Waals surface area contributed by atoms with Crippen molar-refractivity contribution in [3.05, 3.63) is 47.5 Å². The van der Waals surface area contributed by atoms with E-state index in [0.29, 0.717) is 11.6 Å². The summed E-state index contributed by atoms with van der Waals surface area (Å²) in [6.07, 6.45) is 3.18. The first-order chi connectivity index (χ1) is 8.61. The molecule has 0 aliphatic rings. The number of carbonyl (C=O) groups is 1. The van der Waals surface area contributed by atoms with Gasteiger partial charge in [0.05, 0.1) is 13.2 Å². The lowest BCUT2D eigenvalue weighted by Gasteiger charge is -2.02. The second-order valence-electron chi connectivity index (χ2n) is 3.57. The van der Waals surface area contributed by atoms with Crippen LogP contribution in [0.3, 0.4) is 0 Å². The maximum Gasteiger partial charge on any atom is 0.244 e. The molecule has 0 saturated carbocycles. The third-order valence-corrected chi connectivity index (χ3v) is 2.21. The minimum Gasteiger partial charge on any atom is -0.494 e. The number of nitrogens with one attached hydrogen (secondary N) is 1. The van der Waals surface area contributed by atoms with Gasteiger partial charge in [0.25, 0.3) is 0 Å². The number of carbonyl (C=O) groups excluding carboxylic acids is 1. The highest BCUT2D eigenvalue weighted by Crippen LogP contribution is 2.12. The number of amides is 1. The molecule has 4 heteroatoms. The molecule has 96 valence electrons. The number of rotatable bonds is 6. The van der Waals surface area contributed by atoms with E-state index >= 15 is 0 Å². The maximum atomic E-state index is 11.4. The van der Waals surface area contributed by atoms with Crippen LogP contribution < -0.4 is 10.1 Å². The summed E-state index contributed by atoms with van der Waals surface area (Å²) in [6.45, 7) is 6.33. The van der Waals surface area contributed by atoms with Gasteiger partial charge < -0.3 is 10.1 Å². The monoisotopic (exact) mass is 265 g/mol. The summed E-state index contributed by atoms with van der Waals surface area (Å²) in [4.78, 5) is 11.4. The zero-order valence-corrected chi connectivity index (χ0v) is 11.0. The first-order valence-corrected chi connectivity index (χ1v) is 6.01. The molecule has 0 unspecified atom stereocenters. The van der Waals surface area contributed by atoms with Crippen molar-refractivity contribution in [3.8, 4) is 5.75 Å². The molecule has 0 heterocycles. The molecule has 0 spiro atoms. The summed E-state index contributed by atoms with van der Waals surface area (Å²) in [7, 11) is 0. The van der Waals surface area contributed by atoms with E-state index in [0.717, 1.165) is 11.3 Å². The lowest BCUT2D eigenvalue weighted by atomic mass is 10.2. The number of hydrogen-bond donors (Lipinski definition) is 1. The molecule has 0 fully saturated rings. The van der Waals surface area contributed by atoms with Gasteiger partial charge in [0.1, 0.15) is 5.75 Å². The predicted octanol–water partition coefficient (Wildman–Crippen LogP) is 2.97. The van der Waals surface area contributed by atoms with Gasteiger partial charge in [0, 0.05) is 11.1 Å². The molecule has 1 aromatic rings. The lowest BCUT2D eigenvalue weighted by Crippen LogP contribution is -2.21. The van der Waals surface area contributed by atoms with Crippen molar-refractivity contribution in [1.82, 2.24) is 5.32 Å². The van der Waals surface area contributed by atoms with Gasteiger partial charge in [0.15, 0.2) is 0 Å². The number of hydrogen-bond acceptors (Lipinski definition) is 2. The number of benzene rings is 1. The Morgan fingerprint density at radius 3 is 2.67 bits per heavy atom. The molecule has 0 aromatic heterocycles. The first kappa shape index (κ1) is 14.3. The summed E-state index contributed by atoms with van der Waals surface area (Å²) < 4.78 is 5.32. The Kier molecular flexibility index (Phi) is 6.01. The van der Waals surface area contributed by atoms with Crippen LogP contribution in [0.2, 0.25) is 0 Å². The van der Waals surface area contributed by atoms with E-state index in [1.165, 1.54) is 6.08 Å². The molecule has 1 amide bonds.